The van der Waals surface area contributed by atoms with Crippen LogP contribution in [0.25, 0.3) is 6.08 Å². The summed E-state index contributed by atoms with van der Waals surface area (Å²) in [5, 5.41) is 6.86. The lowest BCUT2D eigenvalue weighted by Crippen LogP contribution is -2.44. The first-order valence-corrected chi connectivity index (χ1v) is 11.7. The number of piperidine rings is 1. The summed E-state index contributed by atoms with van der Waals surface area (Å²) in [5.74, 6) is -0.399. The fraction of sp³-hybridized carbons (Fsp3) is 0.455. The molecule has 1 atom stereocenters. The number of para-hydroxylation sites is 1. The van der Waals surface area contributed by atoms with Gasteiger partial charge in [0.15, 0.2) is 10.7 Å². The van der Waals surface area contributed by atoms with Crippen LogP contribution in [0.2, 0.25) is 0 Å². The Morgan fingerprint density at radius 3 is 2.58 bits per heavy atom. The van der Waals surface area contributed by atoms with Gasteiger partial charge in [0, 0.05) is 45.1 Å². The van der Waals surface area contributed by atoms with Crippen LogP contribution >= 0.6 is 0 Å². The predicted octanol–water partition coefficient (Wildman–Crippen LogP) is 3.17. The molecule has 2 aromatic rings. The van der Waals surface area contributed by atoms with E-state index in [9.17, 15) is 13.2 Å². The first-order chi connectivity index (χ1) is 14.6. The maximum absolute atomic E-state index is 13.4. The fourth-order valence-corrected chi connectivity index (χ4v) is 5.53. The van der Waals surface area contributed by atoms with Crippen molar-refractivity contribution in [3.05, 3.63) is 47.0 Å². The summed E-state index contributed by atoms with van der Waals surface area (Å²) >= 11 is 0. The van der Waals surface area contributed by atoms with E-state index < -0.39 is 15.9 Å². The number of sulfonamides is 1. The molecule has 1 amide bonds. The first-order valence-electron chi connectivity index (χ1n) is 10.3. The van der Waals surface area contributed by atoms with Crippen molar-refractivity contribution >= 4 is 27.7 Å². The van der Waals surface area contributed by atoms with E-state index in [1.807, 2.05) is 46.1 Å². The van der Waals surface area contributed by atoms with Gasteiger partial charge >= 0.3 is 0 Å². The second-order valence-corrected chi connectivity index (χ2v) is 10.1. The molecular formula is C22H30N4O4S. The summed E-state index contributed by atoms with van der Waals surface area (Å²) in [6.45, 7) is 5.98. The smallest absolute Gasteiger partial charge is 0.248 e. The van der Waals surface area contributed by atoms with Crippen LogP contribution in [-0.2, 0) is 14.8 Å². The summed E-state index contributed by atoms with van der Waals surface area (Å²) in [6.07, 6.45) is 4.54. The Balaban J connectivity index is 1.82. The van der Waals surface area contributed by atoms with Crippen molar-refractivity contribution in [1.82, 2.24) is 14.4 Å². The molecule has 0 radical (unpaired) electrons. The highest BCUT2D eigenvalue weighted by atomic mass is 32.2. The number of aromatic nitrogens is 1. The van der Waals surface area contributed by atoms with Gasteiger partial charge in [-0.15, -0.1) is 0 Å². The van der Waals surface area contributed by atoms with Gasteiger partial charge in [0.25, 0.3) is 0 Å². The highest BCUT2D eigenvalue weighted by molar-refractivity contribution is 7.89. The number of rotatable bonds is 6. The number of nitrogens with one attached hydrogen (secondary N) is 1. The Hall–Kier alpha value is -2.65. The molecule has 8 nitrogen and oxygen atoms in total. The van der Waals surface area contributed by atoms with Crippen LogP contribution in [-0.4, -0.2) is 55.9 Å². The molecule has 31 heavy (non-hydrogen) atoms. The number of nitrogens with zero attached hydrogens (tertiary/aromatic N) is 3. The van der Waals surface area contributed by atoms with E-state index in [0.717, 1.165) is 16.8 Å². The van der Waals surface area contributed by atoms with Gasteiger partial charge in [-0.05, 0) is 44.7 Å². The number of anilines is 1. The molecule has 9 heteroatoms. The topological polar surface area (TPSA) is 95.8 Å². The molecule has 0 spiro atoms. The summed E-state index contributed by atoms with van der Waals surface area (Å²) in [6, 6.07) is 5.83. The van der Waals surface area contributed by atoms with E-state index in [1.165, 1.54) is 4.31 Å². The predicted molar refractivity (Wildman–Crippen MR) is 120 cm³/mol. The third kappa shape index (κ3) is 4.99. The SMILES string of the molecule is Cc1cccc(C)c1NC(=O)C1CCCN(S(=O)(=O)c2c(C)noc2/C=C/N(C)C)C1. The normalized spacial score (nSPS) is 17.8. The van der Waals surface area contributed by atoms with Crippen molar-refractivity contribution in [2.45, 2.75) is 38.5 Å². The number of benzene rings is 1. The zero-order valence-electron chi connectivity index (χ0n) is 18.7. The molecule has 168 valence electrons. The number of hydrogen-bond donors (Lipinski definition) is 1. The maximum atomic E-state index is 13.4. The number of amides is 1. The van der Waals surface area contributed by atoms with Crippen LogP contribution in [0.1, 0.15) is 35.4 Å². The Morgan fingerprint density at radius 2 is 1.94 bits per heavy atom. The lowest BCUT2D eigenvalue weighted by Gasteiger charge is -2.31. The van der Waals surface area contributed by atoms with Gasteiger partial charge in [-0.2, -0.15) is 4.31 Å². The van der Waals surface area contributed by atoms with Gasteiger partial charge in [0.1, 0.15) is 5.69 Å². The number of hydrogen-bond acceptors (Lipinski definition) is 6. The second-order valence-electron chi connectivity index (χ2n) is 8.20. The molecule has 1 aromatic heterocycles. The molecule has 0 saturated carbocycles. The van der Waals surface area contributed by atoms with Crippen LogP contribution in [0.4, 0.5) is 5.69 Å². The van der Waals surface area contributed by atoms with Crippen LogP contribution in [0.15, 0.2) is 33.8 Å². The molecule has 1 aliphatic rings. The Morgan fingerprint density at radius 1 is 1.26 bits per heavy atom. The van der Waals surface area contributed by atoms with E-state index in [-0.39, 0.29) is 23.1 Å². The Bertz CT molecular complexity index is 1070. The van der Waals surface area contributed by atoms with Crippen LogP contribution in [0.5, 0.6) is 0 Å². The van der Waals surface area contributed by atoms with Crippen molar-refractivity contribution in [2.75, 3.05) is 32.5 Å². The van der Waals surface area contributed by atoms with Gasteiger partial charge < -0.3 is 14.7 Å². The summed E-state index contributed by atoms with van der Waals surface area (Å²) in [7, 11) is -0.194. The summed E-state index contributed by atoms with van der Waals surface area (Å²) in [5.41, 5.74) is 3.05. The Labute approximate surface area is 183 Å². The van der Waals surface area contributed by atoms with Gasteiger partial charge in [-0.1, -0.05) is 23.4 Å². The standard InChI is InChI=1S/C22H30N4O4S/c1-15-8-6-9-16(2)20(15)23-22(27)18-10-7-12-26(14-18)31(28,29)21-17(3)24-30-19(21)11-13-25(4)5/h6,8-9,11,13,18H,7,10,12,14H2,1-5H3,(H,23,27)/b13-11+. The van der Waals surface area contributed by atoms with Crippen molar-refractivity contribution in [2.24, 2.45) is 5.92 Å². The van der Waals surface area contributed by atoms with E-state index >= 15 is 0 Å². The molecule has 3 rings (SSSR count). The Kier molecular flexibility index (Phi) is 6.86. The number of carbonyl (C=O) groups is 1. The molecule has 1 N–H and O–H groups in total. The monoisotopic (exact) mass is 446 g/mol. The first kappa shape index (κ1) is 23.0. The van der Waals surface area contributed by atoms with Crippen molar-refractivity contribution in [3.63, 3.8) is 0 Å². The maximum Gasteiger partial charge on any atom is 0.248 e. The summed E-state index contributed by atoms with van der Waals surface area (Å²) < 4.78 is 33.5. The van der Waals surface area contributed by atoms with Crippen LogP contribution in [0, 0.1) is 26.7 Å². The molecular weight excluding hydrogens is 416 g/mol. The van der Waals surface area contributed by atoms with Gasteiger partial charge in [0.05, 0.1) is 5.92 Å². The second kappa shape index (κ2) is 9.23. The molecule has 0 aliphatic carbocycles. The molecule has 1 aromatic carbocycles. The molecule has 1 unspecified atom stereocenters. The largest absolute Gasteiger partial charge is 0.383 e. The van der Waals surface area contributed by atoms with E-state index in [0.29, 0.717) is 25.1 Å². The minimum absolute atomic E-state index is 0.0569. The van der Waals surface area contributed by atoms with Crippen LogP contribution < -0.4 is 5.32 Å². The van der Waals surface area contributed by atoms with Crippen LogP contribution in [0.3, 0.4) is 0 Å². The lowest BCUT2D eigenvalue weighted by molar-refractivity contribution is -0.120. The van der Waals surface area contributed by atoms with Crippen molar-refractivity contribution in [3.8, 4) is 0 Å². The number of aryl methyl sites for hydroxylation is 3. The van der Waals surface area contributed by atoms with Crippen molar-refractivity contribution < 1.29 is 17.7 Å². The molecule has 2 heterocycles. The van der Waals surface area contributed by atoms with E-state index in [2.05, 4.69) is 10.5 Å². The lowest BCUT2D eigenvalue weighted by atomic mass is 9.98. The number of carbonyl (C=O) groups excluding carboxylic acids is 1. The highest BCUT2D eigenvalue weighted by Gasteiger charge is 2.37. The van der Waals surface area contributed by atoms with E-state index in [1.54, 1.807) is 24.1 Å². The average molecular weight is 447 g/mol. The van der Waals surface area contributed by atoms with Crippen molar-refractivity contribution in [1.29, 1.82) is 0 Å². The molecule has 1 saturated heterocycles. The van der Waals surface area contributed by atoms with E-state index in [4.69, 9.17) is 4.52 Å². The quantitative estimate of drug-likeness (QED) is 0.732. The minimum Gasteiger partial charge on any atom is -0.383 e. The molecule has 1 fully saturated rings. The van der Waals surface area contributed by atoms with Gasteiger partial charge in [-0.25, -0.2) is 8.42 Å². The third-order valence-electron chi connectivity index (χ3n) is 5.44. The zero-order valence-corrected chi connectivity index (χ0v) is 19.5. The summed E-state index contributed by atoms with van der Waals surface area (Å²) in [4.78, 5) is 14.8. The average Bonchev–Trinajstić information content (AvgIpc) is 3.10. The van der Waals surface area contributed by atoms with Gasteiger partial charge in [0.2, 0.25) is 15.9 Å². The van der Waals surface area contributed by atoms with Gasteiger partial charge in [-0.3, -0.25) is 4.79 Å². The molecule has 1 aliphatic heterocycles. The highest BCUT2D eigenvalue weighted by Crippen LogP contribution is 2.30. The zero-order chi connectivity index (χ0) is 22.8. The third-order valence-corrected chi connectivity index (χ3v) is 7.46. The minimum atomic E-state index is -3.86. The molecule has 0 bridgehead atoms. The fourth-order valence-electron chi connectivity index (χ4n) is 3.76.